The highest BCUT2D eigenvalue weighted by Crippen LogP contribution is 2.34. The molecule has 0 saturated carbocycles. The summed E-state index contributed by atoms with van der Waals surface area (Å²) < 4.78 is 25.0. The van der Waals surface area contributed by atoms with Crippen molar-refractivity contribution in [3.05, 3.63) is 30.9 Å². The van der Waals surface area contributed by atoms with Gasteiger partial charge in [0.05, 0.1) is 11.5 Å². The Morgan fingerprint density at radius 1 is 1.00 bits per heavy atom. The van der Waals surface area contributed by atoms with Crippen molar-refractivity contribution in [1.82, 2.24) is 24.6 Å². The van der Waals surface area contributed by atoms with Crippen LogP contribution in [0.15, 0.2) is 30.9 Å². The summed E-state index contributed by atoms with van der Waals surface area (Å²) in [6.45, 7) is 5.33. The second kappa shape index (κ2) is 7.11. The average Bonchev–Trinajstić information content (AvgIpc) is 3.40. The molecule has 0 N–H and O–H groups in total. The molecule has 2 unspecified atom stereocenters. The Balaban J connectivity index is 1.18. The number of fused-ring (bicyclic) bond motifs is 1. The van der Waals surface area contributed by atoms with Gasteiger partial charge in [0.15, 0.2) is 5.82 Å². The number of aromatic nitrogens is 4. The predicted octanol–water partition coefficient (Wildman–Crippen LogP) is 0.855. The van der Waals surface area contributed by atoms with Crippen molar-refractivity contribution in [3.8, 4) is 5.82 Å². The minimum absolute atomic E-state index is 0.373. The lowest BCUT2D eigenvalue weighted by atomic mass is 10.0. The molecule has 3 fully saturated rings. The quantitative estimate of drug-likeness (QED) is 0.750. The molecule has 2 atom stereocenters. The van der Waals surface area contributed by atoms with Crippen molar-refractivity contribution < 1.29 is 8.42 Å². The number of nitrogens with zero attached hydrogens (tertiary/aromatic N) is 6. The molecule has 5 heterocycles. The van der Waals surface area contributed by atoms with Crippen LogP contribution in [0.2, 0.25) is 0 Å². The van der Waals surface area contributed by atoms with E-state index < -0.39 is 9.84 Å². The second-order valence-electron chi connectivity index (χ2n) is 8.42. The van der Waals surface area contributed by atoms with Gasteiger partial charge in [-0.3, -0.25) is 0 Å². The normalized spacial score (nSPS) is 27.9. The molecule has 0 spiro atoms. The molecule has 3 saturated heterocycles. The van der Waals surface area contributed by atoms with Crippen LogP contribution >= 0.6 is 0 Å². The first-order valence-corrected chi connectivity index (χ1v) is 11.9. The van der Waals surface area contributed by atoms with Gasteiger partial charge in [-0.2, -0.15) is 5.10 Å². The van der Waals surface area contributed by atoms with E-state index in [9.17, 15) is 8.42 Å². The molecule has 0 amide bonds. The number of likely N-dealkylation sites (tertiary alicyclic amines) is 1. The Bertz CT molecular complexity index is 904. The zero-order valence-corrected chi connectivity index (χ0v) is 16.7. The Morgan fingerprint density at radius 3 is 2.39 bits per heavy atom. The SMILES string of the molecule is O=S1(=O)CCC(CN2CC3CN(c4cc(-n5cccn5)ncn4)CC3C2)CC1. The molecule has 2 aromatic rings. The third-order valence-electron chi connectivity index (χ3n) is 6.45. The van der Waals surface area contributed by atoms with Crippen molar-refractivity contribution in [1.29, 1.82) is 0 Å². The number of hydrogen-bond donors (Lipinski definition) is 0. The van der Waals surface area contributed by atoms with Crippen LogP contribution < -0.4 is 4.90 Å². The average molecular weight is 403 g/mol. The maximum absolute atomic E-state index is 11.6. The molecule has 3 aliphatic rings. The minimum Gasteiger partial charge on any atom is -0.356 e. The molecule has 0 aromatic carbocycles. The third kappa shape index (κ3) is 3.65. The molecule has 150 valence electrons. The van der Waals surface area contributed by atoms with Gasteiger partial charge in [0.2, 0.25) is 0 Å². The van der Waals surface area contributed by atoms with Crippen molar-refractivity contribution in [3.63, 3.8) is 0 Å². The molecular formula is C19H26N6O2S. The van der Waals surface area contributed by atoms with Gasteiger partial charge in [-0.15, -0.1) is 0 Å². The van der Waals surface area contributed by atoms with E-state index in [2.05, 4.69) is 24.9 Å². The summed E-state index contributed by atoms with van der Waals surface area (Å²) in [4.78, 5) is 13.7. The lowest BCUT2D eigenvalue weighted by Gasteiger charge is -2.28. The van der Waals surface area contributed by atoms with Crippen LogP contribution in [-0.4, -0.2) is 77.3 Å². The van der Waals surface area contributed by atoms with E-state index in [-0.39, 0.29) is 0 Å². The van der Waals surface area contributed by atoms with Gasteiger partial charge < -0.3 is 9.80 Å². The Hall–Kier alpha value is -2.00. The summed E-state index contributed by atoms with van der Waals surface area (Å²) in [5.41, 5.74) is 0. The van der Waals surface area contributed by atoms with Gasteiger partial charge in [-0.05, 0) is 36.7 Å². The first-order chi connectivity index (χ1) is 13.6. The molecule has 0 bridgehead atoms. The summed E-state index contributed by atoms with van der Waals surface area (Å²) in [5.74, 6) is 4.37. The zero-order chi connectivity index (χ0) is 19.1. The fraction of sp³-hybridized carbons (Fsp3) is 0.632. The Kier molecular flexibility index (Phi) is 4.59. The summed E-state index contributed by atoms with van der Waals surface area (Å²) in [6, 6.07) is 3.90. The highest BCUT2D eigenvalue weighted by Gasteiger charge is 2.41. The van der Waals surface area contributed by atoms with Gasteiger partial charge in [-0.1, -0.05) is 0 Å². The van der Waals surface area contributed by atoms with E-state index >= 15 is 0 Å². The van der Waals surface area contributed by atoms with Crippen molar-refractivity contribution in [2.24, 2.45) is 17.8 Å². The van der Waals surface area contributed by atoms with Gasteiger partial charge in [0.25, 0.3) is 0 Å². The fourth-order valence-electron chi connectivity index (χ4n) is 4.95. The summed E-state index contributed by atoms with van der Waals surface area (Å²) in [6.07, 6.45) is 6.91. The van der Waals surface area contributed by atoms with E-state index in [0.717, 1.165) is 57.2 Å². The topological polar surface area (TPSA) is 84.2 Å². The van der Waals surface area contributed by atoms with Crippen LogP contribution in [0.4, 0.5) is 5.82 Å². The molecule has 3 aliphatic heterocycles. The lowest BCUT2D eigenvalue weighted by molar-refractivity contribution is 0.252. The molecule has 2 aromatic heterocycles. The van der Waals surface area contributed by atoms with Crippen LogP contribution in [0, 0.1) is 17.8 Å². The lowest BCUT2D eigenvalue weighted by Crippen LogP contribution is -2.35. The Morgan fingerprint density at radius 2 is 1.71 bits per heavy atom. The Labute approximate surface area is 165 Å². The summed E-state index contributed by atoms with van der Waals surface area (Å²) in [5, 5.41) is 4.25. The summed E-state index contributed by atoms with van der Waals surface area (Å²) >= 11 is 0. The van der Waals surface area contributed by atoms with Crippen LogP contribution in [0.5, 0.6) is 0 Å². The molecule has 28 heavy (non-hydrogen) atoms. The maximum Gasteiger partial charge on any atom is 0.158 e. The molecule has 0 radical (unpaired) electrons. The monoisotopic (exact) mass is 402 g/mol. The first-order valence-electron chi connectivity index (χ1n) is 10.1. The van der Waals surface area contributed by atoms with Crippen LogP contribution in [0.3, 0.4) is 0 Å². The zero-order valence-electron chi connectivity index (χ0n) is 15.9. The van der Waals surface area contributed by atoms with E-state index in [0.29, 0.717) is 29.3 Å². The van der Waals surface area contributed by atoms with Crippen LogP contribution in [0.25, 0.3) is 5.82 Å². The van der Waals surface area contributed by atoms with Crippen LogP contribution in [0.1, 0.15) is 12.8 Å². The van der Waals surface area contributed by atoms with E-state index in [1.165, 1.54) is 0 Å². The molecule has 9 heteroatoms. The number of hydrogen-bond acceptors (Lipinski definition) is 7. The van der Waals surface area contributed by atoms with Gasteiger partial charge in [0.1, 0.15) is 22.0 Å². The fourth-order valence-corrected chi connectivity index (χ4v) is 6.54. The molecular weight excluding hydrogens is 376 g/mol. The number of anilines is 1. The number of sulfone groups is 1. The van der Waals surface area contributed by atoms with Crippen molar-refractivity contribution >= 4 is 15.7 Å². The third-order valence-corrected chi connectivity index (χ3v) is 8.17. The smallest absolute Gasteiger partial charge is 0.158 e. The van der Waals surface area contributed by atoms with Gasteiger partial charge in [0, 0.05) is 51.2 Å². The highest BCUT2D eigenvalue weighted by atomic mass is 32.2. The molecule has 0 aliphatic carbocycles. The number of rotatable bonds is 4. The van der Waals surface area contributed by atoms with E-state index in [1.807, 2.05) is 18.3 Å². The van der Waals surface area contributed by atoms with E-state index in [1.54, 1.807) is 17.2 Å². The van der Waals surface area contributed by atoms with Gasteiger partial charge in [-0.25, -0.2) is 23.1 Å². The second-order valence-corrected chi connectivity index (χ2v) is 10.7. The maximum atomic E-state index is 11.6. The molecule has 5 rings (SSSR count). The first kappa shape index (κ1) is 18.1. The minimum atomic E-state index is -2.77. The highest BCUT2D eigenvalue weighted by molar-refractivity contribution is 7.91. The predicted molar refractivity (Wildman–Crippen MR) is 106 cm³/mol. The van der Waals surface area contributed by atoms with Crippen molar-refractivity contribution in [2.45, 2.75) is 12.8 Å². The van der Waals surface area contributed by atoms with Gasteiger partial charge >= 0.3 is 0 Å². The summed E-state index contributed by atoms with van der Waals surface area (Å²) in [7, 11) is -2.77. The standard InChI is InChI=1S/C19H26N6O2S/c26-28(27)6-2-15(3-7-28)9-23-10-16-12-24(13-17(16)11-23)18-8-19(21-14-20-18)25-5-1-4-22-25/h1,4-5,8,14-17H,2-3,6-7,9-13H2. The van der Waals surface area contributed by atoms with Crippen molar-refractivity contribution in [2.75, 3.05) is 49.1 Å². The van der Waals surface area contributed by atoms with Crippen LogP contribution in [-0.2, 0) is 9.84 Å². The van der Waals surface area contributed by atoms with E-state index in [4.69, 9.17) is 0 Å². The largest absolute Gasteiger partial charge is 0.356 e. The molecule has 8 nitrogen and oxygen atoms in total.